The van der Waals surface area contributed by atoms with Crippen LogP contribution < -0.4 is 15.8 Å². The van der Waals surface area contributed by atoms with E-state index in [4.69, 9.17) is 10.5 Å². The summed E-state index contributed by atoms with van der Waals surface area (Å²) in [7, 11) is 1.69. The van der Waals surface area contributed by atoms with Gasteiger partial charge in [-0.3, -0.25) is 0 Å². The summed E-state index contributed by atoms with van der Waals surface area (Å²) in [6, 6.07) is 8.25. The number of nitrogens with one attached hydrogen (secondary N) is 1. The average Bonchev–Trinajstić information content (AvgIpc) is 2.37. The zero-order valence-electron chi connectivity index (χ0n) is 12.2. The minimum Gasteiger partial charge on any atom is -0.497 e. The predicted molar refractivity (Wildman–Crippen MR) is 77.2 cm³/mol. The molecule has 3 heteroatoms. The van der Waals surface area contributed by atoms with Crippen molar-refractivity contribution >= 4 is 0 Å². The van der Waals surface area contributed by atoms with Crippen LogP contribution in [0.4, 0.5) is 0 Å². The molecule has 0 bridgehead atoms. The van der Waals surface area contributed by atoms with Crippen LogP contribution in [0.2, 0.25) is 0 Å². The number of methoxy groups -OCH3 is 1. The molecule has 0 saturated carbocycles. The van der Waals surface area contributed by atoms with Crippen molar-refractivity contribution in [3.8, 4) is 5.75 Å². The van der Waals surface area contributed by atoms with Gasteiger partial charge >= 0.3 is 0 Å². The van der Waals surface area contributed by atoms with Crippen molar-refractivity contribution in [2.75, 3.05) is 20.2 Å². The van der Waals surface area contributed by atoms with E-state index in [1.807, 2.05) is 12.1 Å². The second kappa shape index (κ2) is 5.72. The summed E-state index contributed by atoms with van der Waals surface area (Å²) in [5.41, 5.74) is 7.07. The van der Waals surface area contributed by atoms with Crippen molar-refractivity contribution in [1.29, 1.82) is 0 Å². The van der Waals surface area contributed by atoms with Crippen LogP contribution in [0.5, 0.6) is 5.75 Å². The molecule has 1 aromatic rings. The number of hydrogen-bond donors (Lipinski definition) is 2. The summed E-state index contributed by atoms with van der Waals surface area (Å²) >= 11 is 0. The minimum atomic E-state index is -0.0241. The van der Waals surface area contributed by atoms with Gasteiger partial charge in [-0.25, -0.2) is 0 Å². The zero-order chi connectivity index (χ0) is 13.8. The Kier molecular flexibility index (Phi) is 4.77. The highest BCUT2D eigenvalue weighted by Crippen LogP contribution is 2.25. The van der Waals surface area contributed by atoms with Crippen molar-refractivity contribution in [2.24, 2.45) is 5.73 Å². The minimum absolute atomic E-state index is 0.0241. The molecule has 0 spiro atoms. The lowest BCUT2D eigenvalue weighted by molar-refractivity contribution is 0.346. The molecular formula is C15H26N2O. The largest absolute Gasteiger partial charge is 0.497 e. The fraction of sp³-hybridized carbons (Fsp3) is 0.600. The van der Waals surface area contributed by atoms with Crippen molar-refractivity contribution in [3.05, 3.63) is 29.8 Å². The second-order valence-electron chi connectivity index (χ2n) is 6.05. The standard InChI is InChI=1S/C15H26N2O/c1-14(2,11-17-15(3,4)10-16)12-6-8-13(18-5)9-7-12/h6-9,17H,10-11,16H2,1-5H3. The SMILES string of the molecule is COc1ccc(C(C)(C)CNC(C)(C)CN)cc1. The van der Waals surface area contributed by atoms with Gasteiger partial charge in [-0.2, -0.15) is 0 Å². The highest BCUT2D eigenvalue weighted by atomic mass is 16.5. The van der Waals surface area contributed by atoms with Gasteiger partial charge in [0.2, 0.25) is 0 Å². The molecule has 0 unspecified atom stereocenters. The average molecular weight is 250 g/mol. The summed E-state index contributed by atoms with van der Waals surface area (Å²) in [4.78, 5) is 0. The second-order valence-corrected chi connectivity index (χ2v) is 6.05. The topological polar surface area (TPSA) is 47.3 Å². The van der Waals surface area contributed by atoms with E-state index < -0.39 is 0 Å². The van der Waals surface area contributed by atoms with Gasteiger partial charge in [0.1, 0.15) is 5.75 Å². The fourth-order valence-electron chi connectivity index (χ4n) is 1.68. The van der Waals surface area contributed by atoms with E-state index in [0.29, 0.717) is 6.54 Å². The summed E-state index contributed by atoms with van der Waals surface area (Å²) in [5.74, 6) is 0.893. The Hall–Kier alpha value is -1.06. The molecule has 0 fully saturated rings. The van der Waals surface area contributed by atoms with E-state index in [0.717, 1.165) is 12.3 Å². The van der Waals surface area contributed by atoms with Gasteiger partial charge in [0.05, 0.1) is 7.11 Å². The third-order valence-corrected chi connectivity index (χ3v) is 3.39. The number of benzene rings is 1. The summed E-state index contributed by atoms with van der Waals surface area (Å²) < 4.78 is 5.18. The maximum atomic E-state index is 5.73. The van der Waals surface area contributed by atoms with Crippen LogP contribution in [-0.4, -0.2) is 25.7 Å². The van der Waals surface area contributed by atoms with Crippen LogP contribution in [0.1, 0.15) is 33.3 Å². The molecule has 18 heavy (non-hydrogen) atoms. The number of hydrogen-bond acceptors (Lipinski definition) is 3. The van der Waals surface area contributed by atoms with Gasteiger partial charge < -0.3 is 15.8 Å². The van der Waals surface area contributed by atoms with E-state index in [1.165, 1.54) is 5.56 Å². The summed E-state index contributed by atoms with van der Waals surface area (Å²) in [6.45, 7) is 10.2. The van der Waals surface area contributed by atoms with Crippen LogP contribution in [0, 0.1) is 0 Å². The third-order valence-electron chi connectivity index (χ3n) is 3.39. The molecular weight excluding hydrogens is 224 g/mol. The molecule has 0 aromatic heterocycles. The maximum Gasteiger partial charge on any atom is 0.118 e. The molecule has 0 aliphatic heterocycles. The van der Waals surface area contributed by atoms with Crippen LogP contribution in [0.3, 0.4) is 0 Å². The normalized spacial score (nSPS) is 12.6. The van der Waals surface area contributed by atoms with E-state index in [1.54, 1.807) is 7.11 Å². The first-order chi connectivity index (χ1) is 8.30. The molecule has 0 aliphatic carbocycles. The molecule has 0 radical (unpaired) electrons. The van der Waals surface area contributed by atoms with Gasteiger partial charge in [0.25, 0.3) is 0 Å². The van der Waals surface area contributed by atoms with Gasteiger partial charge in [0, 0.05) is 24.0 Å². The van der Waals surface area contributed by atoms with Crippen LogP contribution >= 0.6 is 0 Å². The Morgan fingerprint density at radius 1 is 1.11 bits per heavy atom. The number of rotatable bonds is 6. The Morgan fingerprint density at radius 3 is 2.11 bits per heavy atom. The highest BCUT2D eigenvalue weighted by Gasteiger charge is 2.24. The summed E-state index contributed by atoms with van der Waals surface area (Å²) in [6.07, 6.45) is 0. The molecule has 0 amide bonds. The number of nitrogens with two attached hydrogens (primary N) is 1. The third kappa shape index (κ3) is 4.00. The highest BCUT2D eigenvalue weighted by molar-refractivity contribution is 5.31. The molecule has 3 nitrogen and oxygen atoms in total. The smallest absolute Gasteiger partial charge is 0.118 e. The Balaban J connectivity index is 2.72. The van der Waals surface area contributed by atoms with Crippen molar-refractivity contribution < 1.29 is 4.74 Å². The van der Waals surface area contributed by atoms with Crippen molar-refractivity contribution in [2.45, 2.75) is 38.6 Å². The first kappa shape index (κ1) is 15.0. The van der Waals surface area contributed by atoms with Crippen LogP contribution in [0.15, 0.2) is 24.3 Å². The first-order valence-electron chi connectivity index (χ1n) is 6.40. The molecule has 0 atom stereocenters. The molecule has 0 heterocycles. The van der Waals surface area contributed by atoms with Crippen molar-refractivity contribution in [1.82, 2.24) is 5.32 Å². The molecule has 1 aromatic carbocycles. The maximum absolute atomic E-state index is 5.73. The van der Waals surface area contributed by atoms with Gasteiger partial charge in [-0.05, 0) is 31.5 Å². The van der Waals surface area contributed by atoms with E-state index >= 15 is 0 Å². The van der Waals surface area contributed by atoms with Crippen molar-refractivity contribution in [3.63, 3.8) is 0 Å². The number of ether oxygens (including phenoxy) is 1. The fourth-order valence-corrected chi connectivity index (χ4v) is 1.68. The Morgan fingerprint density at radius 2 is 1.67 bits per heavy atom. The van der Waals surface area contributed by atoms with Gasteiger partial charge in [-0.15, -0.1) is 0 Å². The predicted octanol–water partition coefficient (Wildman–Crippen LogP) is 2.30. The lowest BCUT2D eigenvalue weighted by Crippen LogP contribution is -2.50. The van der Waals surface area contributed by atoms with Crippen LogP contribution in [0.25, 0.3) is 0 Å². The molecule has 0 saturated heterocycles. The quantitative estimate of drug-likeness (QED) is 0.814. The molecule has 3 N–H and O–H groups in total. The van der Waals surface area contributed by atoms with E-state index in [9.17, 15) is 0 Å². The monoisotopic (exact) mass is 250 g/mol. The zero-order valence-corrected chi connectivity index (χ0v) is 12.2. The summed E-state index contributed by atoms with van der Waals surface area (Å²) in [5, 5.41) is 3.52. The lowest BCUT2D eigenvalue weighted by Gasteiger charge is -2.32. The molecule has 0 aliphatic rings. The Bertz CT molecular complexity index is 369. The van der Waals surface area contributed by atoms with E-state index in [2.05, 4.69) is 45.1 Å². The first-order valence-corrected chi connectivity index (χ1v) is 6.40. The molecule has 1 rings (SSSR count). The van der Waals surface area contributed by atoms with E-state index in [-0.39, 0.29) is 11.0 Å². The molecule has 102 valence electrons. The lowest BCUT2D eigenvalue weighted by atomic mass is 9.84. The van der Waals surface area contributed by atoms with Gasteiger partial charge in [0.15, 0.2) is 0 Å². The Labute approximate surface area is 111 Å². The van der Waals surface area contributed by atoms with Gasteiger partial charge in [-0.1, -0.05) is 26.0 Å². The van der Waals surface area contributed by atoms with Crippen LogP contribution in [-0.2, 0) is 5.41 Å².